The molecule has 17 heteroatoms. The van der Waals surface area contributed by atoms with Gasteiger partial charge in [-0.1, -0.05) is 49.4 Å². The van der Waals surface area contributed by atoms with E-state index in [1.54, 1.807) is 30.3 Å². The summed E-state index contributed by atoms with van der Waals surface area (Å²) in [5, 5.41) is 0. The monoisotopic (exact) mass is 768 g/mol. The topological polar surface area (TPSA) is 122 Å². The third-order valence-corrected chi connectivity index (χ3v) is 8.78. The molecule has 10 nitrogen and oxygen atoms in total. The number of halogens is 7. The van der Waals surface area contributed by atoms with Crippen LogP contribution in [-0.2, 0) is 56.0 Å². The minimum absolute atomic E-state index is 0.0744. The molecular weight excluding hydrogens is 729 g/mol. The van der Waals surface area contributed by atoms with E-state index in [0.29, 0.717) is 42.5 Å². The summed E-state index contributed by atoms with van der Waals surface area (Å²) in [7, 11) is 0. The summed E-state index contributed by atoms with van der Waals surface area (Å²) in [5.41, 5.74) is 2.80. The first kappa shape index (κ1) is 41.6. The quantitative estimate of drug-likeness (QED) is 0.0796. The molecule has 4 rings (SSSR count). The second-order valence-electron chi connectivity index (χ2n) is 12.6. The highest BCUT2D eigenvalue weighted by atomic mass is 19.4. The standard InChI is InChI=1S/C37H39F7N4O6/c1-2-30(34(51)53-21-25-8-4-3-5-9-25)48(35(52)54-22-26-16-27(36(39,40)41)18-28(17-26)37(42,43)44)32-20-46(19-24-11-13-29(38)14-12-24)33(50)31(47(32)23-49)10-6-7-15-45/h3-5,8-9,11-14,16-18,23,30-32H,2,6-7,10,15,19-22,45H2,1H3/t30?,31-,32?/m0/s1. The van der Waals surface area contributed by atoms with Gasteiger partial charge in [0.15, 0.2) is 0 Å². The number of nitrogens with zero attached hydrogens (tertiary/aromatic N) is 3. The van der Waals surface area contributed by atoms with Crippen molar-refractivity contribution in [3.63, 3.8) is 0 Å². The SMILES string of the molecule is CCC(C(=O)OCc1ccccc1)N(C(=O)OCc1cc(C(F)(F)F)cc(C(F)(F)F)c1)C1CN(Cc2ccc(F)cc2)C(=O)[C@H](CCCCN)N1C=O. The first-order valence-corrected chi connectivity index (χ1v) is 17.0. The number of piperazine rings is 1. The van der Waals surface area contributed by atoms with Gasteiger partial charge in [0, 0.05) is 6.54 Å². The second kappa shape index (κ2) is 18.2. The van der Waals surface area contributed by atoms with Crippen LogP contribution >= 0.6 is 0 Å². The maximum Gasteiger partial charge on any atom is 0.416 e. The van der Waals surface area contributed by atoms with Crippen LogP contribution in [0.2, 0.25) is 0 Å². The Morgan fingerprint density at radius 1 is 0.889 bits per heavy atom. The van der Waals surface area contributed by atoms with Crippen LogP contribution in [0.4, 0.5) is 35.5 Å². The number of ether oxygens (including phenoxy) is 2. The number of carbonyl (C=O) groups is 4. The van der Waals surface area contributed by atoms with Crippen molar-refractivity contribution < 1.29 is 59.4 Å². The van der Waals surface area contributed by atoms with Crippen LogP contribution in [0.5, 0.6) is 0 Å². The third kappa shape index (κ3) is 10.7. The molecule has 2 N–H and O–H groups in total. The predicted octanol–water partition coefficient (Wildman–Crippen LogP) is 6.65. The van der Waals surface area contributed by atoms with Crippen molar-refractivity contribution in [2.24, 2.45) is 5.73 Å². The molecule has 1 saturated heterocycles. The highest BCUT2D eigenvalue weighted by Gasteiger charge is 2.47. The second-order valence-corrected chi connectivity index (χ2v) is 12.6. The van der Waals surface area contributed by atoms with E-state index >= 15 is 0 Å². The van der Waals surface area contributed by atoms with Crippen LogP contribution in [0, 0.1) is 5.82 Å². The van der Waals surface area contributed by atoms with E-state index < -0.39 is 84.2 Å². The van der Waals surface area contributed by atoms with Gasteiger partial charge in [-0.05, 0) is 79.3 Å². The maximum absolute atomic E-state index is 14.1. The minimum atomic E-state index is -5.17. The van der Waals surface area contributed by atoms with Gasteiger partial charge < -0.3 is 25.0 Å². The van der Waals surface area contributed by atoms with E-state index in [0.717, 1.165) is 9.80 Å². The van der Waals surface area contributed by atoms with Crippen molar-refractivity contribution >= 4 is 24.4 Å². The Balaban J connectivity index is 1.76. The van der Waals surface area contributed by atoms with Gasteiger partial charge in [-0.25, -0.2) is 14.0 Å². The first-order chi connectivity index (χ1) is 25.6. The van der Waals surface area contributed by atoms with Crippen LogP contribution in [0.15, 0.2) is 72.8 Å². The zero-order valence-electron chi connectivity index (χ0n) is 29.1. The van der Waals surface area contributed by atoms with Crippen LogP contribution in [0.25, 0.3) is 0 Å². The average Bonchev–Trinajstić information content (AvgIpc) is 3.13. The lowest BCUT2D eigenvalue weighted by molar-refractivity contribution is -0.165. The van der Waals surface area contributed by atoms with Gasteiger partial charge in [0.2, 0.25) is 12.3 Å². The molecule has 0 radical (unpaired) electrons. The van der Waals surface area contributed by atoms with Gasteiger partial charge in [0.1, 0.15) is 37.3 Å². The molecule has 1 aliphatic heterocycles. The molecule has 1 fully saturated rings. The number of unbranched alkanes of at least 4 members (excludes halogenated alkanes) is 1. The molecule has 1 aliphatic rings. The van der Waals surface area contributed by atoms with Crippen molar-refractivity contribution in [2.75, 3.05) is 13.1 Å². The maximum atomic E-state index is 14.1. The molecule has 0 aromatic heterocycles. The van der Waals surface area contributed by atoms with E-state index in [4.69, 9.17) is 15.2 Å². The number of esters is 1. The molecule has 54 heavy (non-hydrogen) atoms. The van der Waals surface area contributed by atoms with Crippen molar-refractivity contribution in [2.45, 2.75) is 83.0 Å². The van der Waals surface area contributed by atoms with E-state index in [2.05, 4.69) is 0 Å². The normalized spacial score (nSPS) is 16.9. The van der Waals surface area contributed by atoms with Crippen LogP contribution in [0.1, 0.15) is 60.4 Å². The van der Waals surface area contributed by atoms with Crippen molar-refractivity contribution in [1.82, 2.24) is 14.7 Å². The van der Waals surface area contributed by atoms with Gasteiger partial charge in [-0.2, -0.15) is 26.3 Å². The summed E-state index contributed by atoms with van der Waals surface area (Å²) in [4.78, 5) is 57.7. The van der Waals surface area contributed by atoms with Gasteiger partial charge >= 0.3 is 24.4 Å². The van der Waals surface area contributed by atoms with E-state index in [1.807, 2.05) is 0 Å². The number of rotatable bonds is 15. The van der Waals surface area contributed by atoms with Crippen molar-refractivity contribution in [3.05, 3.63) is 106 Å². The number of alkyl halides is 6. The molecule has 3 aromatic rings. The van der Waals surface area contributed by atoms with Gasteiger partial charge in [0.25, 0.3) is 0 Å². The number of nitrogens with two attached hydrogens (primary N) is 1. The van der Waals surface area contributed by atoms with Crippen LogP contribution in [0.3, 0.4) is 0 Å². The lowest BCUT2D eigenvalue weighted by atomic mass is 10.0. The Kier molecular flexibility index (Phi) is 14.0. The van der Waals surface area contributed by atoms with Crippen molar-refractivity contribution in [3.8, 4) is 0 Å². The molecule has 3 atom stereocenters. The number of carbonyl (C=O) groups excluding carboxylic acids is 4. The number of hydrogen-bond donors (Lipinski definition) is 1. The summed E-state index contributed by atoms with van der Waals surface area (Å²) in [5.74, 6) is -2.04. The lowest BCUT2D eigenvalue weighted by Crippen LogP contribution is -2.69. The zero-order chi connectivity index (χ0) is 39.6. The molecule has 2 unspecified atom stereocenters. The van der Waals surface area contributed by atoms with E-state index in [9.17, 15) is 49.9 Å². The largest absolute Gasteiger partial charge is 0.459 e. The Morgan fingerprint density at radius 2 is 1.50 bits per heavy atom. The van der Waals surface area contributed by atoms with Crippen molar-refractivity contribution in [1.29, 1.82) is 0 Å². The van der Waals surface area contributed by atoms with Gasteiger partial charge in [-0.3, -0.25) is 14.5 Å². The summed E-state index contributed by atoms with van der Waals surface area (Å²) in [6.45, 7) is -0.0858. The third-order valence-electron chi connectivity index (χ3n) is 8.78. The summed E-state index contributed by atoms with van der Waals surface area (Å²) < 4.78 is 106. The summed E-state index contributed by atoms with van der Waals surface area (Å²) in [6, 6.07) is 11.7. The van der Waals surface area contributed by atoms with Gasteiger partial charge in [-0.15, -0.1) is 0 Å². The summed E-state index contributed by atoms with van der Waals surface area (Å²) in [6.07, 6.45) is -12.1. The molecular formula is C37H39F7N4O6. The smallest absolute Gasteiger partial charge is 0.416 e. The fourth-order valence-corrected chi connectivity index (χ4v) is 6.09. The Labute approximate surface area is 306 Å². The highest BCUT2D eigenvalue weighted by molar-refractivity contribution is 5.86. The fraction of sp³-hybridized carbons (Fsp3) is 0.405. The molecule has 0 spiro atoms. The molecule has 3 amide bonds. The number of hydrogen-bond acceptors (Lipinski definition) is 7. The highest BCUT2D eigenvalue weighted by Crippen LogP contribution is 2.37. The zero-order valence-corrected chi connectivity index (χ0v) is 29.1. The molecule has 3 aromatic carbocycles. The molecule has 1 heterocycles. The fourth-order valence-electron chi connectivity index (χ4n) is 6.09. The van der Waals surface area contributed by atoms with Gasteiger partial charge in [0.05, 0.1) is 17.7 Å². The Morgan fingerprint density at radius 3 is 2.06 bits per heavy atom. The Hall–Kier alpha value is -5.19. The Bertz CT molecular complexity index is 1710. The minimum Gasteiger partial charge on any atom is -0.459 e. The van der Waals surface area contributed by atoms with E-state index in [1.165, 1.54) is 36.1 Å². The molecule has 0 bridgehead atoms. The van der Waals surface area contributed by atoms with E-state index in [-0.39, 0.29) is 38.6 Å². The summed E-state index contributed by atoms with van der Waals surface area (Å²) >= 11 is 0. The molecule has 0 aliphatic carbocycles. The number of amides is 3. The molecule has 292 valence electrons. The first-order valence-electron chi connectivity index (χ1n) is 17.0. The predicted molar refractivity (Wildman–Crippen MR) is 179 cm³/mol. The van der Waals surface area contributed by atoms with Crippen LogP contribution in [-0.4, -0.2) is 70.4 Å². The average molecular weight is 769 g/mol. The number of benzene rings is 3. The van der Waals surface area contributed by atoms with Crippen LogP contribution < -0.4 is 5.73 Å². The molecule has 0 saturated carbocycles. The lowest BCUT2D eigenvalue weighted by Gasteiger charge is -2.49.